The van der Waals surface area contributed by atoms with Crippen LogP contribution in [0.15, 0.2) is 36.5 Å². The molecule has 2 aromatic rings. The number of benzene rings is 1. The summed E-state index contributed by atoms with van der Waals surface area (Å²) in [6.45, 7) is 4.99. The number of rotatable bonds is 6. The fourth-order valence-electron chi connectivity index (χ4n) is 3.44. The summed E-state index contributed by atoms with van der Waals surface area (Å²) in [5, 5.41) is 7.91. The summed E-state index contributed by atoms with van der Waals surface area (Å²) in [6.07, 6.45) is 4.11. The summed E-state index contributed by atoms with van der Waals surface area (Å²) < 4.78 is 1.91. The molecule has 1 fully saturated rings. The minimum absolute atomic E-state index is 0. The van der Waals surface area contributed by atoms with Gasteiger partial charge in [-0.05, 0) is 50.1 Å². The zero-order chi connectivity index (χ0) is 20.1. The molecule has 29 heavy (non-hydrogen) atoms. The molecule has 8 heteroatoms. The normalized spacial score (nSPS) is 16.0. The molecule has 7 nitrogen and oxygen atoms in total. The molecule has 1 aromatic heterocycles. The van der Waals surface area contributed by atoms with E-state index in [9.17, 15) is 9.59 Å². The van der Waals surface area contributed by atoms with Crippen LogP contribution in [-0.2, 0) is 6.54 Å². The number of carbonyl (C=O) groups excluding carboxylic acids is 2. The number of amides is 2. The van der Waals surface area contributed by atoms with Crippen molar-refractivity contribution in [3.63, 3.8) is 0 Å². The van der Waals surface area contributed by atoms with Crippen molar-refractivity contribution < 1.29 is 9.59 Å². The fraction of sp³-hybridized carbons (Fsp3) is 0.476. The quantitative estimate of drug-likeness (QED) is 0.781. The van der Waals surface area contributed by atoms with Crippen molar-refractivity contribution in [3.05, 3.63) is 53.3 Å². The molecule has 2 amide bonds. The van der Waals surface area contributed by atoms with E-state index < -0.39 is 0 Å². The van der Waals surface area contributed by atoms with Gasteiger partial charge >= 0.3 is 0 Å². The molecule has 0 spiro atoms. The van der Waals surface area contributed by atoms with Crippen molar-refractivity contribution >= 4 is 24.2 Å². The van der Waals surface area contributed by atoms with Gasteiger partial charge in [0.2, 0.25) is 0 Å². The van der Waals surface area contributed by atoms with Crippen LogP contribution in [0.25, 0.3) is 0 Å². The fourth-order valence-corrected chi connectivity index (χ4v) is 3.44. The first-order valence-corrected chi connectivity index (χ1v) is 9.85. The predicted octanol–water partition coefficient (Wildman–Crippen LogP) is 2.59. The van der Waals surface area contributed by atoms with Crippen LogP contribution in [0.1, 0.15) is 52.2 Å². The van der Waals surface area contributed by atoms with E-state index in [1.165, 1.54) is 0 Å². The Morgan fingerprint density at radius 1 is 1.17 bits per heavy atom. The molecular formula is C21H30ClN5O2. The highest BCUT2D eigenvalue weighted by atomic mass is 35.5. The Morgan fingerprint density at radius 3 is 2.48 bits per heavy atom. The lowest BCUT2D eigenvalue weighted by Crippen LogP contribution is -2.33. The first-order valence-electron chi connectivity index (χ1n) is 9.85. The molecule has 0 radical (unpaired) electrons. The third kappa shape index (κ3) is 5.58. The van der Waals surface area contributed by atoms with Gasteiger partial charge in [0.1, 0.15) is 5.69 Å². The summed E-state index contributed by atoms with van der Waals surface area (Å²) in [5.41, 5.74) is 2.11. The lowest BCUT2D eigenvalue weighted by atomic mass is 10.1. The smallest absolute Gasteiger partial charge is 0.274 e. The van der Waals surface area contributed by atoms with Gasteiger partial charge in [-0.15, -0.1) is 12.4 Å². The molecule has 1 N–H and O–H groups in total. The number of hydrogen-bond donors (Lipinski definition) is 1. The van der Waals surface area contributed by atoms with Crippen LogP contribution in [0, 0.1) is 0 Å². The first kappa shape index (κ1) is 22.9. The maximum Gasteiger partial charge on any atom is 0.274 e. The van der Waals surface area contributed by atoms with E-state index in [0.29, 0.717) is 30.4 Å². The van der Waals surface area contributed by atoms with Gasteiger partial charge in [0.05, 0.1) is 6.04 Å². The van der Waals surface area contributed by atoms with Crippen molar-refractivity contribution in [2.24, 2.45) is 0 Å². The van der Waals surface area contributed by atoms with E-state index in [2.05, 4.69) is 10.4 Å². The molecule has 3 rings (SSSR count). The summed E-state index contributed by atoms with van der Waals surface area (Å²) >= 11 is 0. The Morgan fingerprint density at radius 2 is 1.90 bits per heavy atom. The average molecular weight is 420 g/mol. The zero-order valence-corrected chi connectivity index (χ0v) is 18.1. The summed E-state index contributed by atoms with van der Waals surface area (Å²) in [4.78, 5) is 28.2. The number of carbonyl (C=O) groups is 2. The number of nitrogens with one attached hydrogen (secondary N) is 1. The van der Waals surface area contributed by atoms with Crippen molar-refractivity contribution in [3.8, 4) is 0 Å². The largest absolute Gasteiger partial charge is 0.345 e. The van der Waals surface area contributed by atoms with Gasteiger partial charge in [0.15, 0.2) is 0 Å². The number of halogens is 1. The minimum atomic E-state index is -0.0709. The minimum Gasteiger partial charge on any atom is -0.345 e. The monoisotopic (exact) mass is 419 g/mol. The molecule has 0 saturated carbocycles. The zero-order valence-electron chi connectivity index (χ0n) is 17.3. The van der Waals surface area contributed by atoms with Gasteiger partial charge in [-0.1, -0.05) is 12.1 Å². The van der Waals surface area contributed by atoms with Crippen LogP contribution in [0.3, 0.4) is 0 Å². The maximum atomic E-state index is 12.9. The molecule has 2 heterocycles. The number of aromatic nitrogens is 2. The van der Waals surface area contributed by atoms with Crippen molar-refractivity contribution in [1.82, 2.24) is 24.9 Å². The SMILES string of the molecule is CCN(Cc1ccc(C(=O)N(C)C)cc1)C(=O)c1ccn(C2CCCNC2)n1.Cl. The van der Waals surface area contributed by atoms with Crippen LogP contribution in [0.2, 0.25) is 0 Å². The average Bonchev–Trinajstić information content (AvgIpc) is 3.22. The van der Waals surface area contributed by atoms with Gasteiger partial charge in [0.25, 0.3) is 11.8 Å². The van der Waals surface area contributed by atoms with E-state index >= 15 is 0 Å². The van der Waals surface area contributed by atoms with Crippen LogP contribution in [0.5, 0.6) is 0 Å². The van der Waals surface area contributed by atoms with E-state index in [0.717, 1.165) is 31.5 Å². The Labute approximate surface area is 178 Å². The summed E-state index contributed by atoms with van der Waals surface area (Å²) in [5.74, 6) is -0.101. The summed E-state index contributed by atoms with van der Waals surface area (Å²) in [6, 6.07) is 9.53. The third-order valence-corrected chi connectivity index (χ3v) is 5.12. The molecule has 1 aromatic carbocycles. The van der Waals surface area contributed by atoms with Gasteiger partial charge in [-0.25, -0.2) is 0 Å². The number of hydrogen-bond acceptors (Lipinski definition) is 4. The van der Waals surface area contributed by atoms with Gasteiger partial charge in [-0.2, -0.15) is 5.10 Å². The Bertz CT molecular complexity index is 813. The molecule has 1 saturated heterocycles. The van der Waals surface area contributed by atoms with Crippen molar-refractivity contribution in [1.29, 1.82) is 0 Å². The molecule has 1 unspecified atom stereocenters. The number of nitrogens with zero attached hydrogens (tertiary/aromatic N) is 4. The highest BCUT2D eigenvalue weighted by Gasteiger charge is 2.21. The third-order valence-electron chi connectivity index (χ3n) is 5.12. The van der Waals surface area contributed by atoms with Gasteiger partial charge < -0.3 is 15.1 Å². The van der Waals surface area contributed by atoms with E-state index in [4.69, 9.17) is 0 Å². The molecule has 1 aliphatic heterocycles. The first-order chi connectivity index (χ1) is 13.5. The van der Waals surface area contributed by atoms with E-state index in [-0.39, 0.29) is 24.2 Å². The molecule has 1 atom stereocenters. The molecule has 0 aliphatic carbocycles. The second-order valence-corrected chi connectivity index (χ2v) is 7.40. The highest BCUT2D eigenvalue weighted by molar-refractivity contribution is 5.94. The topological polar surface area (TPSA) is 70.5 Å². The molecular weight excluding hydrogens is 390 g/mol. The molecule has 1 aliphatic rings. The van der Waals surface area contributed by atoms with Gasteiger partial charge in [0, 0.05) is 45.5 Å². The standard InChI is InChI=1S/C21H29N5O2.ClH/c1-4-25(15-16-7-9-17(10-8-16)20(27)24(2)3)21(28)19-11-13-26(23-19)18-6-5-12-22-14-18;/h7-11,13,18,22H,4-6,12,14-15H2,1-3H3;1H. The van der Waals surface area contributed by atoms with Crippen LogP contribution in [-0.4, -0.2) is 65.1 Å². The van der Waals surface area contributed by atoms with Gasteiger partial charge in [-0.3, -0.25) is 14.3 Å². The van der Waals surface area contributed by atoms with Crippen LogP contribution < -0.4 is 5.32 Å². The Balaban J connectivity index is 0.00000300. The van der Waals surface area contributed by atoms with E-state index in [1.807, 2.05) is 29.9 Å². The predicted molar refractivity (Wildman–Crippen MR) is 115 cm³/mol. The molecule has 0 bridgehead atoms. The molecule has 158 valence electrons. The highest BCUT2D eigenvalue weighted by Crippen LogP contribution is 2.17. The number of piperidine rings is 1. The maximum absolute atomic E-state index is 12.9. The van der Waals surface area contributed by atoms with Crippen LogP contribution >= 0.6 is 12.4 Å². The Hall–Kier alpha value is -2.38. The summed E-state index contributed by atoms with van der Waals surface area (Å²) in [7, 11) is 3.46. The van der Waals surface area contributed by atoms with E-state index in [1.54, 1.807) is 42.1 Å². The van der Waals surface area contributed by atoms with Crippen molar-refractivity contribution in [2.45, 2.75) is 32.4 Å². The second-order valence-electron chi connectivity index (χ2n) is 7.40. The lowest BCUT2D eigenvalue weighted by Gasteiger charge is -2.23. The lowest BCUT2D eigenvalue weighted by molar-refractivity contribution is 0.0744. The van der Waals surface area contributed by atoms with Crippen molar-refractivity contribution in [2.75, 3.05) is 33.7 Å². The van der Waals surface area contributed by atoms with Crippen LogP contribution in [0.4, 0.5) is 0 Å². The Kier molecular flexibility index (Phi) is 8.22. The second kappa shape index (κ2) is 10.4.